The molecule has 1 heterocycles. The fourth-order valence-electron chi connectivity index (χ4n) is 2.51. The molecular formula is C16H24FN3O2. The number of carbonyl (C=O) groups is 1. The van der Waals surface area contributed by atoms with Crippen LogP contribution in [0.15, 0.2) is 18.2 Å². The largest absolute Gasteiger partial charge is 0.377 e. The van der Waals surface area contributed by atoms with E-state index in [1.807, 2.05) is 25.9 Å². The average Bonchev–Trinajstić information content (AvgIpc) is 2.47. The maximum absolute atomic E-state index is 13.7. The normalized spacial score (nSPS) is 18.6. The van der Waals surface area contributed by atoms with Gasteiger partial charge in [-0.25, -0.2) is 9.18 Å². The summed E-state index contributed by atoms with van der Waals surface area (Å²) >= 11 is 0. The van der Waals surface area contributed by atoms with Crippen LogP contribution in [-0.4, -0.2) is 55.7 Å². The number of hydrogen-bond acceptors (Lipinski definition) is 3. The van der Waals surface area contributed by atoms with Gasteiger partial charge in [-0.05, 0) is 38.7 Å². The zero-order valence-corrected chi connectivity index (χ0v) is 13.4. The number of benzene rings is 1. The summed E-state index contributed by atoms with van der Waals surface area (Å²) in [6, 6.07) is 4.94. The zero-order valence-electron chi connectivity index (χ0n) is 13.4. The molecule has 22 heavy (non-hydrogen) atoms. The Bertz CT molecular complexity index is 522. The molecule has 0 spiro atoms. The minimum atomic E-state index is -0.217. The summed E-state index contributed by atoms with van der Waals surface area (Å²) in [5.74, 6) is -0.217. The monoisotopic (exact) mass is 309 g/mol. The Morgan fingerprint density at radius 3 is 2.95 bits per heavy atom. The number of nitrogens with zero attached hydrogens (tertiary/aromatic N) is 2. The molecule has 6 heteroatoms. The molecule has 1 aromatic carbocycles. The zero-order chi connectivity index (χ0) is 16.1. The van der Waals surface area contributed by atoms with Crippen LogP contribution in [0, 0.1) is 5.82 Å². The fraction of sp³-hybridized carbons (Fsp3) is 0.562. The molecule has 0 bridgehead atoms. The van der Waals surface area contributed by atoms with Gasteiger partial charge in [0, 0.05) is 25.2 Å². The molecule has 1 aliphatic heterocycles. The predicted octanol–water partition coefficient (Wildman–Crippen LogP) is 1.82. The lowest BCUT2D eigenvalue weighted by Gasteiger charge is -2.33. The molecule has 1 N–H and O–H groups in total. The van der Waals surface area contributed by atoms with E-state index >= 15 is 0 Å². The van der Waals surface area contributed by atoms with Crippen LogP contribution < -0.4 is 5.32 Å². The fourth-order valence-corrected chi connectivity index (χ4v) is 2.51. The van der Waals surface area contributed by atoms with Crippen molar-refractivity contribution in [2.75, 3.05) is 33.9 Å². The molecule has 1 atom stereocenters. The van der Waals surface area contributed by atoms with Gasteiger partial charge >= 0.3 is 6.03 Å². The van der Waals surface area contributed by atoms with Gasteiger partial charge in [-0.1, -0.05) is 6.07 Å². The van der Waals surface area contributed by atoms with Crippen LogP contribution in [0.1, 0.15) is 18.1 Å². The van der Waals surface area contributed by atoms with Crippen molar-refractivity contribution in [3.05, 3.63) is 35.1 Å². The smallest absolute Gasteiger partial charge is 0.318 e. The number of halogens is 1. The number of carbonyl (C=O) groups excluding carboxylic acids is 1. The summed E-state index contributed by atoms with van der Waals surface area (Å²) < 4.78 is 19.1. The minimum absolute atomic E-state index is 0.0752. The summed E-state index contributed by atoms with van der Waals surface area (Å²) in [6.45, 7) is 4.63. The van der Waals surface area contributed by atoms with E-state index < -0.39 is 0 Å². The van der Waals surface area contributed by atoms with Crippen LogP contribution in [0.5, 0.6) is 0 Å². The van der Waals surface area contributed by atoms with E-state index in [-0.39, 0.29) is 17.9 Å². The number of ether oxygens (including phenoxy) is 1. The van der Waals surface area contributed by atoms with Crippen molar-refractivity contribution in [3.8, 4) is 0 Å². The molecule has 0 aromatic heterocycles. The summed E-state index contributed by atoms with van der Waals surface area (Å²) in [4.78, 5) is 15.9. The topological polar surface area (TPSA) is 44.8 Å². The standard InChI is InChI=1S/C16H24FN3O2/c1-12-11-22-7-6-20(12)16(21)18-9-13-4-5-15(17)14(8-13)10-19(2)3/h4-5,8,12H,6-7,9-11H2,1-3H3,(H,18,21)/t12-/m0/s1. The molecule has 1 saturated heterocycles. The van der Waals surface area contributed by atoms with Gasteiger partial charge in [0.25, 0.3) is 0 Å². The van der Waals surface area contributed by atoms with Crippen LogP contribution in [0.4, 0.5) is 9.18 Å². The molecule has 1 fully saturated rings. The number of urea groups is 1. The van der Waals surface area contributed by atoms with Crippen molar-refractivity contribution in [3.63, 3.8) is 0 Å². The Balaban J connectivity index is 1.94. The molecule has 0 saturated carbocycles. The summed E-state index contributed by atoms with van der Waals surface area (Å²) in [5.41, 5.74) is 1.53. The molecule has 122 valence electrons. The van der Waals surface area contributed by atoms with Gasteiger partial charge in [0.1, 0.15) is 5.82 Å². The van der Waals surface area contributed by atoms with Crippen molar-refractivity contribution in [2.24, 2.45) is 0 Å². The van der Waals surface area contributed by atoms with Gasteiger partial charge in [0.2, 0.25) is 0 Å². The van der Waals surface area contributed by atoms with Crippen LogP contribution in [0.3, 0.4) is 0 Å². The Morgan fingerprint density at radius 2 is 2.27 bits per heavy atom. The Labute approximate surface area is 131 Å². The molecule has 1 aliphatic rings. The first-order chi connectivity index (χ1) is 10.5. The Kier molecular flexibility index (Phi) is 5.74. The van der Waals surface area contributed by atoms with Crippen molar-refractivity contribution >= 4 is 6.03 Å². The second-order valence-electron chi connectivity index (χ2n) is 5.94. The molecule has 2 rings (SSSR count). The summed E-state index contributed by atoms with van der Waals surface area (Å²) in [7, 11) is 3.79. The van der Waals surface area contributed by atoms with Gasteiger partial charge in [-0.3, -0.25) is 0 Å². The van der Waals surface area contributed by atoms with E-state index in [4.69, 9.17) is 4.74 Å². The second kappa shape index (κ2) is 7.56. The van der Waals surface area contributed by atoms with Crippen molar-refractivity contribution in [1.82, 2.24) is 15.1 Å². The van der Waals surface area contributed by atoms with Crippen LogP contribution in [-0.2, 0) is 17.8 Å². The van der Waals surface area contributed by atoms with Crippen molar-refractivity contribution < 1.29 is 13.9 Å². The third kappa shape index (κ3) is 4.42. The lowest BCUT2D eigenvalue weighted by Crippen LogP contribution is -2.51. The highest BCUT2D eigenvalue weighted by atomic mass is 19.1. The highest BCUT2D eigenvalue weighted by Crippen LogP contribution is 2.13. The maximum atomic E-state index is 13.7. The van der Waals surface area contributed by atoms with E-state index in [0.29, 0.717) is 38.4 Å². The first kappa shape index (κ1) is 16.7. The number of rotatable bonds is 4. The maximum Gasteiger partial charge on any atom is 0.318 e. The van der Waals surface area contributed by atoms with Gasteiger partial charge in [-0.2, -0.15) is 0 Å². The lowest BCUT2D eigenvalue weighted by atomic mass is 10.1. The number of amides is 2. The number of morpholine rings is 1. The van der Waals surface area contributed by atoms with Crippen molar-refractivity contribution in [2.45, 2.75) is 26.1 Å². The molecule has 0 aliphatic carbocycles. The highest BCUT2D eigenvalue weighted by molar-refractivity contribution is 5.74. The molecule has 5 nitrogen and oxygen atoms in total. The van der Waals surface area contributed by atoms with Crippen LogP contribution in [0.25, 0.3) is 0 Å². The molecule has 0 radical (unpaired) electrons. The van der Waals surface area contributed by atoms with Gasteiger partial charge < -0.3 is 19.9 Å². The number of nitrogens with one attached hydrogen (secondary N) is 1. The SMILES string of the molecule is C[C@H]1COCCN1C(=O)NCc1ccc(F)c(CN(C)C)c1. The van der Waals surface area contributed by atoms with Crippen molar-refractivity contribution in [1.29, 1.82) is 0 Å². The van der Waals surface area contributed by atoms with Gasteiger partial charge in [0.15, 0.2) is 0 Å². The second-order valence-corrected chi connectivity index (χ2v) is 5.94. The summed E-state index contributed by atoms with van der Waals surface area (Å²) in [6.07, 6.45) is 0. The molecular weight excluding hydrogens is 285 g/mol. The Morgan fingerprint density at radius 1 is 1.50 bits per heavy atom. The summed E-state index contributed by atoms with van der Waals surface area (Å²) in [5, 5.41) is 2.89. The average molecular weight is 309 g/mol. The number of hydrogen-bond donors (Lipinski definition) is 1. The van der Waals surface area contributed by atoms with Crippen LogP contribution in [0.2, 0.25) is 0 Å². The van der Waals surface area contributed by atoms with Gasteiger partial charge in [0.05, 0.1) is 19.3 Å². The molecule has 1 aromatic rings. The van der Waals surface area contributed by atoms with Crippen LogP contribution >= 0.6 is 0 Å². The Hall–Kier alpha value is -1.66. The van der Waals surface area contributed by atoms with Gasteiger partial charge in [-0.15, -0.1) is 0 Å². The van der Waals surface area contributed by atoms with E-state index in [0.717, 1.165) is 5.56 Å². The van der Waals surface area contributed by atoms with E-state index in [1.165, 1.54) is 6.07 Å². The third-order valence-corrected chi connectivity index (χ3v) is 3.67. The minimum Gasteiger partial charge on any atom is -0.377 e. The first-order valence-corrected chi connectivity index (χ1v) is 7.51. The predicted molar refractivity (Wildman–Crippen MR) is 83.0 cm³/mol. The molecule has 0 unspecified atom stereocenters. The quantitative estimate of drug-likeness (QED) is 0.923. The third-order valence-electron chi connectivity index (χ3n) is 3.67. The highest BCUT2D eigenvalue weighted by Gasteiger charge is 2.23. The first-order valence-electron chi connectivity index (χ1n) is 7.51. The van der Waals surface area contributed by atoms with E-state index in [2.05, 4.69) is 5.32 Å². The lowest BCUT2D eigenvalue weighted by molar-refractivity contribution is 0.0190. The van der Waals surface area contributed by atoms with E-state index in [1.54, 1.807) is 17.0 Å². The van der Waals surface area contributed by atoms with E-state index in [9.17, 15) is 9.18 Å². The molecule has 2 amide bonds.